The zero-order valence-corrected chi connectivity index (χ0v) is 16.4. The van der Waals surface area contributed by atoms with E-state index < -0.39 is 18.3 Å². The SMILES string of the molecule is O=C(NCC(O)C(O)c1cccc(-c2ccc(Cl)cc2)c1)OCc1ccccc1. The Labute approximate surface area is 174 Å². The molecule has 0 saturated heterocycles. The summed E-state index contributed by atoms with van der Waals surface area (Å²) in [7, 11) is 0. The van der Waals surface area contributed by atoms with Gasteiger partial charge >= 0.3 is 6.09 Å². The van der Waals surface area contributed by atoms with Crippen molar-refractivity contribution in [3.63, 3.8) is 0 Å². The Morgan fingerprint density at radius 3 is 2.38 bits per heavy atom. The molecule has 0 heterocycles. The second kappa shape index (κ2) is 10.1. The summed E-state index contributed by atoms with van der Waals surface area (Å²) < 4.78 is 5.10. The number of hydrogen-bond acceptors (Lipinski definition) is 4. The van der Waals surface area contributed by atoms with E-state index in [1.165, 1.54) is 0 Å². The highest BCUT2D eigenvalue weighted by Crippen LogP contribution is 2.26. The van der Waals surface area contributed by atoms with Crippen molar-refractivity contribution in [1.29, 1.82) is 0 Å². The van der Waals surface area contributed by atoms with Gasteiger partial charge in [-0.25, -0.2) is 4.79 Å². The van der Waals surface area contributed by atoms with Crippen molar-refractivity contribution in [2.75, 3.05) is 6.54 Å². The van der Waals surface area contributed by atoms with Crippen LogP contribution in [0.4, 0.5) is 4.79 Å². The molecular weight excluding hydrogens is 390 g/mol. The first-order chi connectivity index (χ1) is 14.0. The number of nitrogens with one attached hydrogen (secondary N) is 1. The average molecular weight is 412 g/mol. The minimum absolute atomic E-state index is 0.133. The molecule has 0 fully saturated rings. The Kier molecular flexibility index (Phi) is 7.25. The third kappa shape index (κ3) is 6.06. The molecule has 0 bridgehead atoms. The van der Waals surface area contributed by atoms with E-state index in [9.17, 15) is 15.0 Å². The van der Waals surface area contributed by atoms with Gasteiger partial charge in [0.2, 0.25) is 0 Å². The number of aliphatic hydroxyl groups excluding tert-OH is 2. The van der Waals surface area contributed by atoms with Crippen LogP contribution in [0.1, 0.15) is 17.2 Å². The zero-order chi connectivity index (χ0) is 20.6. The van der Waals surface area contributed by atoms with Gasteiger partial charge in [-0.1, -0.05) is 72.3 Å². The predicted molar refractivity (Wildman–Crippen MR) is 112 cm³/mol. The molecule has 0 aromatic heterocycles. The maximum atomic E-state index is 11.8. The van der Waals surface area contributed by atoms with E-state index in [1.807, 2.05) is 48.5 Å². The summed E-state index contributed by atoms with van der Waals surface area (Å²) in [4.78, 5) is 11.8. The predicted octanol–water partition coefficient (Wildman–Crippen LogP) is 4.33. The Morgan fingerprint density at radius 2 is 1.66 bits per heavy atom. The van der Waals surface area contributed by atoms with Gasteiger partial charge < -0.3 is 20.3 Å². The quantitative estimate of drug-likeness (QED) is 0.540. The number of alkyl carbamates (subject to hydrolysis) is 1. The molecule has 150 valence electrons. The molecule has 5 nitrogen and oxygen atoms in total. The fourth-order valence-electron chi connectivity index (χ4n) is 2.84. The van der Waals surface area contributed by atoms with E-state index in [2.05, 4.69) is 5.32 Å². The lowest BCUT2D eigenvalue weighted by Crippen LogP contribution is -2.35. The van der Waals surface area contributed by atoms with Crippen LogP contribution in [0, 0.1) is 0 Å². The number of hydrogen-bond donors (Lipinski definition) is 3. The lowest BCUT2D eigenvalue weighted by molar-refractivity contribution is 0.0184. The van der Waals surface area contributed by atoms with Crippen LogP contribution in [0.3, 0.4) is 0 Å². The van der Waals surface area contributed by atoms with Gasteiger partial charge in [0.1, 0.15) is 18.8 Å². The smallest absolute Gasteiger partial charge is 0.407 e. The van der Waals surface area contributed by atoms with Gasteiger partial charge in [-0.05, 0) is 40.5 Å². The summed E-state index contributed by atoms with van der Waals surface area (Å²) in [6, 6.07) is 23.9. The van der Waals surface area contributed by atoms with E-state index in [4.69, 9.17) is 16.3 Å². The number of carbonyl (C=O) groups is 1. The normalized spacial score (nSPS) is 12.8. The first-order valence-corrected chi connectivity index (χ1v) is 9.57. The van der Waals surface area contributed by atoms with E-state index in [0.29, 0.717) is 10.6 Å². The first kappa shape index (κ1) is 20.9. The van der Waals surface area contributed by atoms with Gasteiger partial charge in [0.15, 0.2) is 0 Å². The van der Waals surface area contributed by atoms with Crippen LogP contribution in [0.5, 0.6) is 0 Å². The summed E-state index contributed by atoms with van der Waals surface area (Å²) in [5.74, 6) is 0. The molecule has 2 atom stereocenters. The minimum atomic E-state index is -1.18. The van der Waals surface area contributed by atoms with Crippen molar-refractivity contribution in [3.8, 4) is 11.1 Å². The second-order valence-corrected chi connectivity index (χ2v) is 7.02. The number of rotatable bonds is 7. The van der Waals surface area contributed by atoms with Crippen LogP contribution < -0.4 is 5.32 Å². The van der Waals surface area contributed by atoms with Gasteiger partial charge in [-0.15, -0.1) is 0 Å². The second-order valence-electron chi connectivity index (χ2n) is 6.59. The minimum Gasteiger partial charge on any atom is -0.445 e. The molecule has 0 radical (unpaired) electrons. The molecule has 3 rings (SSSR count). The number of ether oxygens (including phenoxy) is 1. The Hall–Kier alpha value is -2.86. The molecule has 0 aliphatic rings. The maximum Gasteiger partial charge on any atom is 0.407 e. The van der Waals surface area contributed by atoms with Crippen molar-refractivity contribution < 1.29 is 19.7 Å². The van der Waals surface area contributed by atoms with Crippen molar-refractivity contribution in [1.82, 2.24) is 5.32 Å². The fraction of sp³-hybridized carbons (Fsp3) is 0.174. The van der Waals surface area contributed by atoms with Gasteiger partial charge in [0.05, 0.1) is 0 Å². The van der Waals surface area contributed by atoms with Crippen LogP contribution in [0.2, 0.25) is 5.02 Å². The zero-order valence-electron chi connectivity index (χ0n) is 15.7. The van der Waals surface area contributed by atoms with Crippen molar-refractivity contribution in [2.24, 2.45) is 0 Å². The van der Waals surface area contributed by atoms with Gasteiger partial charge in [0, 0.05) is 11.6 Å². The molecule has 0 saturated carbocycles. The Bertz CT molecular complexity index is 931. The van der Waals surface area contributed by atoms with Gasteiger partial charge in [-0.3, -0.25) is 0 Å². The third-order valence-corrected chi connectivity index (χ3v) is 4.69. The Morgan fingerprint density at radius 1 is 0.931 bits per heavy atom. The van der Waals surface area contributed by atoms with Crippen molar-refractivity contribution >= 4 is 17.7 Å². The van der Waals surface area contributed by atoms with Crippen LogP contribution in [-0.2, 0) is 11.3 Å². The summed E-state index contributed by atoms with van der Waals surface area (Å²) in [6.45, 7) is -0.00553. The molecule has 29 heavy (non-hydrogen) atoms. The monoisotopic (exact) mass is 411 g/mol. The van der Waals surface area contributed by atoms with Crippen LogP contribution in [0.25, 0.3) is 11.1 Å². The van der Waals surface area contributed by atoms with E-state index >= 15 is 0 Å². The summed E-state index contributed by atoms with van der Waals surface area (Å²) in [6.07, 6.45) is -2.99. The number of carbonyl (C=O) groups excluding carboxylic acids is 1. The summed E-state index contributed by atoms with van der Waals surface area (Å²) >= 11 is 5.92. The summed E-state index contributed by atoms with van der Waals surface area (Å²) in [5, 5.41) is 23.8. The first-order valence-electron chi connectivity index (χ1n) is 9.19. The van der Waals surface area contributed by atoms with E-state index in [-0.39, 0.29) is 13.2 Å². The lowest BCUT2D eigenvalue weighted by atomic mass is 9.98. The highest BCUT2D eigenvalue weighted by atomic mass is 35.5. The standard InChI is InChI=1S/C23H22ClNO4/c24-20-11-9-17(10-12-20)18-7-4-8-19(13-18)22(27)21(26)14-25-23(28)29-15-16-5-2-1-3-6-16/h1-13,21-22,26-27H,14-15H2,(H,25,28). The van der Waals surface area contributed by atoms with E-state index in [0.717, 1.165) is 16.7 Å². The van der Waals surface area contributed by atoms with Gasteiger partial charge in [0.25, 0.3) is 0 Å². The van der Waals surface area contributed by atoms with Crippen LogP contribution >= 0.6 is 11.6 Å². The van der Waals surface area contributed by atoms with Crippen molar-refractivity contribution in [3.05, 3.63) is 95.0 Å². The Balaban J connectivity index is 1.54. The highest BCUT2D eigenvalue weighted by molar-refractivity contribution is 6.30. The number of halogens is 1. The summed E-state index contributed by atoms with van der Waals surface area (Å²) in [5.41, 5.74) is 3.24. The number of aliphatic hydroxyl groups is 2. The molecule has 3 N–H and O–H groups in total. The topological polar surface area (TPSA) is 78.8 Å². The maximum absolute atomic E-state index is 11.8. The van der Waals surface area contributed by atoms with Crippen LogP contribution in [0.15, 0.2) is 78.9 Å². The van der Waals surface area contributed by atoms with E-state index in [1.54, 1.807) is 30.3 Å². The molecule has 0 aliphatic carbocycles. The molecule has 6 heteroatoms. The molecular formula is C23H22ClNO4. The van der Waals surface area contributed by atoms with Gasteiger partial charge in [-0.2, -0.15) is 0 Å². The molecule has 3 aromatic rings. The third-order valence-electron chi connectivity index (χ3n) is 4.44. The lowest BCUT2D eigenvalue weighted by Gasteiger charge is -2.19. The molecule has 0 aliphatic heterocycles. The fourth-order valence-corrected chi connectivity index (χ4v) is 2.97. The number of benzene rings is 3. The molecule has 2 unspecified atom stereocenters. The highest BCUT2D eigenvalue weighted by Gasteiger charge is 2.20. The number of amides is 1. The molecule has 0 spiro atoms. The average Bonchev–Trinajstić information content (AvgIpc) is 2.76. The molecule has 3 aromatic carbocycles. The largest absolute Gasteiger partial charge is 0.445 e. The van der Waals surface area contributed by atoms with Crippen LogP contribution in [-0.4, -0.2) is 29.0 Å². The molecule has 1 amide bonds. The van der Waals surface area contributed by atoms with Crippen molar-refractivity contribution in [2.45, 2.75) is 18.8 Å².